The molecule has 1 atom stereocenters. The van der Waals surface area contributed by atoms with Crippen LogP contribution in [0.25, 0.3) is 0 Å². The van der Waals surface area contributed by atoms with Crippen molar-refractivity contribution < 1.29 is 14.7 Å². The van der Waals surface area contributed by atoms with Gasteiger partial charge in [-0.1, -0.05) is 13.8 Å². The lowest BCUT2D eigenvalue weighted by Crippen LogP contribution is -2.31. The Bertz CT molecular complexity index is 502. The van der Waals surface area contributed by atoms with Crippen LogP contribution in [0.2, 0.25) is 0 Å². The van der Waals surface area contributed by atoms with Crippen molar-refractivity contribution in [2.45, 2.75) is 26.2 Å². The molecule has 1 aliphatic heterocycles. The predicted octanol–water partition coefficient (Wildman–Crippen LogP) is 1.15. The van der Waals surface area contributed by atoms with Crippen LogP contribution < -0.4 is 0 Å². The van der Waals surface area contributed by atoms with E-state index in [1.807, 2.05) is 13.8 Å². The van der Waals surface area contributed by atoms with E-state index < -0.39 is 11.9 Å². The summed E-state index contributed by atoms with van der Waals surface area (Å²) in [5.41, 5.74) is 1.18. The van der Waals surface area contributed by atoms with E-state index in [9.17, 15) is 9.59 Å². The first-order valence-electron chi connectivity index (χ1n) is 6.32. The van der Waals surface area contributed by atoms with Gasteiger partial charge in [0.2, 0.25) is 0 Å². The molecule has 0 aliphatic carbocycles. The van der Waals surface area contributed by atoms with E-state index in [0.717, 1.165) is 0 Å². The summed E-state index contributed by atoms with van der Waals surface area (Å²) in [7, 11) is 0. The van der Waals surface area contributed by atoms with Gasteiger partial charge in [0, 0.05) is 19.3 Å². The molecular weight excluding hydrogens is 246 g/mol. The van der Waals surface area contributed by atoms with Gasteiger partial charge in [-0.05, 0) is 12.3 Å². The van der Waals surface area contributed by atoms with E-state index in [-0.39, 0.29) is 18.4 Å². The Hall–Kier alpha value is -1.98. The quantitative estimate of drug-likeness (QED) is 0.884. The van der Waals surface area contributed by atoms with Crippen LogP contribution in [-0.2, 0) is 4.79 Å². The zero-order valence-electron chi connectivity index (χ0n) is 11.0. The third-order valence-corrected chi connectivity index (χ3v) is 3.35. The molecule has 0 radical (unpaired) electrons. The van der Waals surface area contributed by atoms with Gasteiger partial charge in [0.25, 0.3) is 5.91 Å². The third kappa shape index (κ3) is 2.72. The summed E-state index contributed by atoms with van der Waals surface area (Å²) in [5, 5.41) is 8.96. The highest BCUT2D eigenvalue weighted by Gasteiger charge is 2.32. The van der Waals surface area contributed by atoms with Crippen LogP contribution in [0, 0.1) is 5.92 Å². The van der Waals surface area contributed by atoms with Crippen molar-refractivity contribution in [3.63, 3.8) is 0 Å². The van der Waals surface area contributed by atoms with Gasteiger partial charge in [-0.3, -0.25) is 9.59 Å². The van der Waals surface area contributed by atoms with E-state index >= 15 is 0 Å². The SMILES string of the molecule is CC(C)c1ncncc1C(=O)N1CC[C@H](C(=O)O)C1. The Labute approximate surface area is 111 Å². The summed E-state index contributed by atoms with van der Waals surface area (Å²) in [6.45, 7) is 4.66. The first-order chi connectivity index (χ1) is 9.00. The standard InChI is InChI=1S/C13H17N3O3/c1-8(2)11-10(5-14-7-15-11)12(17)16-4-3-9(6-16)13(18)19/h5,7-9H,3-4,6H2,1-2H3,(H,18,19)/t9-/m0/s1. The lowest BCUT2D eigenvalue weighted by molar-refractivity contribution is -0.141. The van der Waals surface area contributed by atoms with Gasteiger partial charge >= 0.3 is 5.97 Å². The molecule has 0 bridgehead atoms. The van der Waals surface area contributed by atoms with Gasteiger partial charge in [-0.2, -0.15) is 0 Å². The number of amides is 1. The van der Waals surface area contributed by atoms with E-state index in [1.165, 1.54) is 12.5 Å². The Balaban J connectivity index is 2.19. The first-order valence-corrected chi connectivity index (χ1v) is 6.32. The molecule has 0 aromatic carbocycles. The van der Waals surface area contributed by atoms with Crippen LogP contribution in [0.1, 0.15) is 42.2 Å². The molecule has 0 spiro atoms. The van der Waals surface area contributed by atoms with Crippen molar-refractivity contribution in [3.8, 4) is 0 Å². The van der Waals surface area contributed by atoms with E-state index in [4.69, 9.17) is 5.11 Å². The zero-order valence-corrected chi connectivity index (χ0v) is 11.0. The van der Waals surface area contributed by atoms with Crippen LogP contribution in [0.5, 0.6) is 0 Å². The number of aromatic nitrogens is 2. The minimum atomic E-state index is -0.844. The molecule has 19 heavy (non-hydrogen) atoms. The fourth-order valence-corrected chi connectivity index (χ4v) is 2.28. The number of likely N-dealkylation sites (tertiary alicyclic amines) is 1. The van der Waals surface area contributed by atoms with Gasteiger partial charge in [0.1, 0.15) is 6.33 Å². The largest absolute Gasteiger partial charge is 0.481 e. The first kappa shape index (κ1) is 13.5. The summed E-state index contributed by atoms with van der Waals surface area (Å²) >= 11 is 0. The Morgan fingerprint density at radius 2 is 2.21 bits per heavy atom. The normalized spacial score (nSPS) is 18.9. The molecule has 1 N–H and O–H groups in total. The van der Waals surface area contributed by atoms with E-state index in [1.54, 1.807) is 4.90 Å². The van der Waals surface area contributed by atoms with E-state index in [0.29, 0.717) is 24.2 Å². The number of hydrogen-bond acceptors (Lipinski definition) is 4. The maximum atomic E-state index is 12.4. The minimum Gasteiger partial charge on any atom is -0.481 e. The van der Waals surface area contributed by atoms with Gasteiger partial charge in [0.05, 0.1) is 17.2 Å². The fourth-order valence-electron chi connectivity index (χ4n) is 2.28. The van der Waals surface area contributed by atoms with Crippen LogP contribution >= 0.6 is 0 Å². The molecule has 1 aliphatic rings. The number of carboxylic acids is 1. The Morgan fingerprint density at radius 1 is 1.47 bits per heavy atom. The zero-order chi connectivity index (χ0) is 14.0. The van der Waals surface area contributed by atoms with Gasteiger partial charge in [-0.25, -0.2) is 9.97 Å². The van der Waals surface area contributed by atoms with Gasteiger partial charge < -0.3 is 10.0 Å². The molecule has 0 unspecified atom stereocenters. The van der Waals surface area contributed by atoms with Crippen LogP contribution in [-0.4, -0.2) is 44.9 Å². The molecule has 1 amide bonds. The third-order valence-electron chi connectivity index (χ3n) is 3.35. The highest BCUT2D eigenvalue weighted by Crippen LogP contribution is 2.22. The topological polar surface area (TPSA) is 83.4 Å². The summed E-state index contributed by atoms with van der Waals surface area (Å²) in [6, 6.07) is 0. The molecule has 2 rings (SSSR count). The monoisotopic (exact) mass is 263 g/mol. The molecular formula is C13H17N3O3. The number of nitrogens with zero attached hydrogens (tertiary/aromatic N) is 3. The second-order valence-corrected chi connectivity index (χ2v) is 5.05. The lowest BCUT2D eigenvalue weighted by Gasteiger charge is -2.18. The number of aliphatic carboxylic acids is 1. The molecule has 2 heterocycles. The summed E-state index contributed by atoms with van der Waals surface area (Å²) in [6.07, 6.45) is 3.45. The molecule has 0 saturated carbocycles. The summed E-state index contributed by atoms with van der Waals surface area (Å²) in [4.78, 5) is 32.9. The second-order valence-electron chi connectivity index (χ2n) is 5.05. The average molecular weight is 263 g/mol. The number of carbonyl (C=O) groups is 2. The van der Waals surface area contributed by atoms with Crippen molar-refractivity contribution in [1.29, 1.82) is 0 Å². The smallest absolute Gasteiger partial charge is 0.308 e. The second kappa shape index (κ2) is 5.34. The molecule has 1 fully saturated rings. The summed E-state index contributed by atoms with van der Waals surface area (Å²) < 4.78 is 0. The lowest BCUT2D eigenvalue weighted by atomic mass is 10.0. The maximum Gasteiger partial charge on any atom is 0.308 e. The molecule has 1 aromatic heterocycles. The Kier molecular flexibility index (Phi) is 3.78. The highest BCUT2D eigenvalue weighted by molar-refractivity contribution is 5.95. The molecule has 102 valence electrons. The van der Waals surface area contributed by atoms with Crippen LogP contribution in [0.4, 0.5) is 0 Å². The summed E-state index contributed by atoms with van der Waals surface area (Å²) in [5.74, 6) is -1.35. The minimum absolute atomic E-state index is 0.125. The highest BCUT2D eigenvalue weighted by atomic mass is 16.4. The number of rotatable bonds is 3. The van der Waals surface area contributed by atoms with Crippen LogP contribution in [0.15, 0.2) is 12.5 Å². The molecule has 1 aromatic rings. The molecule has 6 nitrogen and oxygen atoms in total. The maximum absolute atomic E-state index is 12.4. The predicted molar refractivity (Wildman–Crippen MR) is 67.8 cm³/mol. The van der Waals surface area contributed by atoms with Gasteiger partial charge in [-0.15, -0.1) is 0 Å². The number of carboxylic acid groups (broad SMARTS) is 1. The number of hydrogen-bond donors (Lipinski definition) is 1. The van der Waals surface area contributed by atoms with Crippen molar-refractivity contribution >= 4 is 11.9 Å². The number of carbonyl (C=O) groups excluding carboxylic acids is 1. The van der Waals surface area contributed by atoms with Crippen molar-refractivity contribution in [2.24, 2.45) is 5.92 Å². The van der Waals surface area contributed by atoms with E-state index in [2.05, 4.69) is 9.97 Å². The van der Waals surface area contributed by atoms with Crippen molar-refractivity contribution in [3.05, 3.63) is 23.8 Å². The van der Waals surface area contributed by atoms with Gasteiger partial charge in [0.15, 0.2) is 0 Å². The molecule has 6 heteroatoms. The molecule has 1 saturated heterocycles. The van der Waals surface area contributed by atoms with Crippen molar-refractivity contribution in [1.82, 2.24) is 14.9 Å². The average Bonchev–Trinajstić information content (AvgIpc) is 2.87. The van der Waals surface area contributed by atoms with Crippen molar-refractivity contribution in [2.75, 3.05) is 13.1 Å². The van der Waals surface area contributed by atoms with Crippen LogP contribution in [0.3, 0.4) is 0 Å². The Morgan fingerprint density at radius 3 is 2.79 bits per heavy atom. The fraction of sp³-hybridized carbons (Fsp3) is 0.538.